The second kappa shape index (κ2) is 7.66. The van der Waals surface area contributed by atoms with Gasteiger partial charge < -0.3 is 0 Å². The van der Waals surface area contributed by atoms with Crippen molar-refractivity contribution in [3.63, 3.8) is 0 Å². The average Bonchev–Trinajstić information content (AvgIpc) is 2.45. The van der Waals surface area contributed by atoms with Gasteiger partial charge in [-0.3, -0.25) is 0 Å². The molecule has 7 heteroatoms. The van der Waals surface area contributed by atoms with Gasteiger partial charge in [0, 0.05) is 0 Å². The van der Waals surface area contributed by atoms with Crippen LogP contribution in [0, 0.1) is 0 Å². The highest BCUT2D eigenvalue weighted by molar-refractivity contribution is 7.92. The maximum Gasteiger partial charge on any atom is 0.221 e. The molecule has 0 saturated heterocycles. The van der Waals surface area contributed by atoms with Crippen molar-refractivity contribution in [3.8, 4) is 0 Å². The summed E-state index contributed by atoms with van der Waals surface area (Å²) in [6.45, 7) is 7.07. The zero-order valence-electron chi connectivity index (χ0n) is 13.4. The van der Waals surface area contributed by atoms with Crippen LogP contribution in [0.25, 0.3) is 0 Å². The number of halogens is 1. The number of hydrogen-bond donors (Lipinski definition) is 1. The Morgan fingerprint density at radius 3 is 2.23 bits per heavy atom. The van der Waals surface area contributed by atoms with E-state index in [0.717, 1.165) is 0 Å². The fraction of sp³-hybridized carbons (Fsp3) is 0.600. The zero-order valence-corrected chi connectivity index (χ0v) is 15.0. The average molecular weight is 349 g/mol. The molecular weight excluding hydrogens is 325 g/mol. The lowest BCUT2D eigenvalue weighted by Gasteiger charge is -2.26. The Morgan fingerprint density at radius 1 is 1.23 bits per heavy atom. The molecule has 0 heterocycles. The summed E-state index contributed by atoms with van der Waals surface area (Å²) in [6.07, 6.45) is 0.874. The van der Waals surface area contributed by atoms with Crippen molar-refractivity contribution < 1.29 is 17.0 Å². The van der Waals surface area contributed by atoms with Crippen molar-refractivity contribution in [2.75, 3.05) is 0 Å². The SMILES string of the molecule is CCC[C@H](N[S@](=O)C(C)(C)C)[C@@H](F)S(=O)(=O)c1ccccc1. The van der Waals surface area contributed by atoms with Gasteiger partial charge in [0.25, 0.3) is 0 Å². The Balaban J connectivity index is 3.03. The fourth-order valence-corrected chi connectivity index (χ4v) is 4.21. The predicted molar refractivity (Wildman–Crippen MR) is 88.3 cm³/mol. The van der Waals surface area contributed by atoms with Gasteiger partial charge in [-0.15, -0.1) is 0 Å². The van der Waals surface area contributed by atoms with Crippen LogP contribution in [0.15, 0.2) is 35.2 Å². The van der Waals surface area contributed by atoms with Crippen molar-refractivity contribution in [2.24, 2.45) is 0 Å². The van der Waals surface area contributed by atoms with E-state index in [1.54, 1.807) is 39.0 Å². The number of alkyl halides is 1. The molecule has 1 aromatic rings. The van der Waals surface area contributed by atoms with E-state index in [1.165, 1.54) is 12.1 Å². The highest BCUT2D eigenvalue weighted by Gasteiger charge is 2.36. The van der Waals surface area contributed by atoms with E-state index >= 15 is 0 Å². The maximum absolute atomic E-state index is 14.7. The van der Waals surface area contributed by atoms with Crippen molar-refractivity contribution in [3.05, 3.63) is 30.3 Å². The minimum atomic E-state index is -4.12. The van der Waals surface area contributed by atoms with E-state index in [-0.39, 0.29) is 11.3 Å². The molecule has 0 aromatic heterocycles. The summed E-state index contributed by atoms with van der Waals surface area (Å²) in [6, 6.07) is 6.50. The molecule has 0 bridgehead atoms. The Kier molecular flexibility index (Phi) is 6.70. The summed E-state index contributed by atoms with van der Waals surface area (Å²) in [7, 11) is -5.65. The lowest BCUT2D eigenvalue weighted by molar-refractivity contribution is 0.335. The number of benzene rings is 1. The highest BCUT2D eigenvalue weighted by atomic mass is 32.2. The van der Waals surface area contributed by atoms with E-state index < -0.39 is 37.1 Å². The summed E-state index contributed by atoms with van der Waals surface area (Å²) < 4.78 is 53.6. The predicted octanol–water partition coefficient (Wildman–Crippen LogP) is 2.98. The first-order chi connectivity index (χ1) is 10.1. The lowest BCUT2D eigenvalue weighted by atomic mass is 10.2. The number of rotatable bonds is 7. The normalized spacial score (nSPS) is 17.0. The Morgan fingerprint density at radius 2 is 1.77 bits per heavy atom. The standard InChI is InChI=1S/C15H24FNO3S2/c1-5-9-13(17-21(18)15(2,3)4)14(16)22(19,20)12-10-7-6-8-11-12/h6-8,10-11,13-14,17H,5,9H2,1-4H3/t13-,14-,21+/m0/s1. The summed E-state index contributed by atoms with van der Waals surface area (Å²) >= 11 is 0. The molecule has 126 valence electrons. The minimum absolute atomic E-state index is 0.0630. The molecular formula is C15H24FNO3S2. The van der Waals surface area contributed by atoms with Gasteiger partial charge in [-0.05, 0) is 39.3 Å². The van der Waals surface area contributed by atoms with Gasteiger partial charge in [0.05, 0.1) is 26.7 Å². The largest absolute Gasteiger partial charge is 0.242 e. The van der Waals surface area contributed by atoms with Crippen LogP contribution in [0.2, 0.25) is 0 Å². The quantitative estimate of drug-likeness (QED) is 0.823. The van der Waals surface area contributed by atoms with E-state index in [4.69, 9.17) is 0 Å². The summed E-state index contributed by atoms with van der Waals surface area (Å²) in [5.41, 5.74) is -2.14. The summed E-state index contributed by atoms with van der Waals surface area (Å²) in [4.78, 5) is -0.0630. The second-order valence-corrected chi connectivity index (χ2v) is 10.1. The molecule has 0 amide bonds. The molecule has 3 atom stereocenters. The van der Waals surface area contributed by atoms with Crippen molar-refractivity contribution >= 4 is 20.8 Å². The van der Waals surface area contributed by atoms with Crippen LogP contribution in [-0.4, -0.2) is 28.9 Å². The van der Waals surface area contributed by atoms with Crippen molar-refractivity contribution in [1.29, 1.82) is 0 Å². The molecule has 0 fully saturated rings. The summed E-state index contributed by atoms with van der Waals surface area (Å²) in [5, 5.41) is 0. The third-order valence-corrected chi connectivity index (χ3v) is 6.58. The van der Waals surface area contributed by atoms with Crippen LogP contribution in [0.4, 0.5) is 4.39 Å². The molecule has 22 heavy (non-hydrogen) atoms. The van der Waals surface area contributed by atoms with Gasteiger partial charge in [-0.2, -0.15) is 0 Å². The van der Waals surface area contributed by atoms with Crippen LogP contribution in [-0.2, 0) is 20.8 Å². The van der Waals surface area contributed by atoms with Crippen LogP contribution in [0.3, 0.4) is 0 Å². The van der Waals surface area contributed by atoms with Crippen molar-refractivity contribution in [2.45, 2.75) is 61.7 Å². The maximum atomic E-state index is 14.7. The molecule has 0 aliphatic carbocycles. The van der Waals surface area contributed by atoms with Gasteiger partial charge in [-0.25, -0.2) is 21.7 Å². The first kappa shape index (κ1) is 19.3. The third kappa shape index (κ3) is 4.86. The smallest absolute Gasteiger partial charge is 0.221 e. The molecule has 4 nitrogen and oxygen atoms in total. The Hall–Kier alpha value is -0.790. The molecule has 1 aromatic carbocycles. The second-order valence-electron chi connectivity index (χ2n) is 6.10. The topological polar surface area (TPSA) is 63.2 Å². The van der Waals surface area contributed by atoms with Gasteiger partial charge in [-0.1, -0.05) is 31.5 Å². The molecule has 0 aliphatic heterocycles. The lowest BCUT2D eigenvalue weighted by Crippen LogP contribution is -2.46. The zero-order chi connectivity index (χ0) is 17.0. The third-order valence-electron chi connectivity index (χ3n) is 3.10. The summed E-state index contributed by atoms with van der Waals surface area (Å²) in [5.74, 6) is 0. The van der Waals surface area contributed by atoms with Crippen LogP contribution < -0.4 is 4.72 Å². The first-order valence-corrected chi connectivity index (χ1v) is 9.91. The Labute approximate surface area is 135 Å². The monoisotopic (exact) mass is 349 g/mol. The minimum Gasteiger partial charge on any atom is -0.242 e. The molecule has 0 unspecified atom stereocenters. The molecule has 0 radical (unpaired) electrons. The van der Waals surface area contributed by atoms with Gasteiger partial charge in [0.15, 0.2) is 0 Å². The molecule has 1 N–H and O–H groups in total. The number of hydrogen-bond acceptors (Lipinski definition) is 3. The Bertz CT molecular complexity index is 597. The number of sulfone groups is 1. The van der Waals surface area contributed by atoms with Crippen LogP contribution >= 0.6 is 0 Å². The van der Waals surface area contributed by atoms with E-state index in [2.05, 4.69) is 4.72 Å². The van der Waals surface area contributed by atoms with E-state index in [1.807, 2.05) is 6.92 Å². The first-order valence-electron chi connectivity index (χ1n) is 7.21. The molecule has 0 saturated carbocycles. The van der Waals surface area contributed by atoms with E-state index in [9.17, 15) is 17.0 Å². The van der Waals surface area contributed by atoms with E-state index in [0.29, 0.717) is 6.42 Å². The van der Waals surface area contributed by atoms with Crippen molar-refractivity contribution in [1.82, 2.24) is 4.72 Å². The fourth-order valence-electron chi connectivity index (χ4n) is 1.83. The number of nitrogens with one attached hydrogen (secondary N) is 1. The van der Waals surface area contributed by atoms with Gasteiger partial charge in [0.2, 0.25) is 15.3 Å². The highest BCUT2D eigenvalue weighted by Crippen LogP contribution is 2.23. The van der Waals surface area contributed by atoms with Gasteiger partial charge >= 0.3 is 0 Å². The van der Waals surface area contributed by atoms with Gasteiger partial charge in [0.1, 0.15) is 0 Å². The molecule has 0 aliphatic rings. The van der Waals surface area contributed by atoms with Crippen LogP contribution in [0.5, 0.6) is 0 Å². The molecule has 0 spiro atoms. The van der Waals surface area contributed by atoms with Crippen LogP contribution in [0.1, 0.15) is 40.5 Å². The molecule has 1 rings (SSSR count).